The maximum Gasteiger partial charge on any atom is 0.416 e. The van der Waals surface area contributed by atoms with Crippen LogP contribution in [0, 0.1) is 27.7 Å². The minimum absolute atomic E-state index is 0.0831. The number of aliphatic hydroxyl groups is 2. The predicted octanol–water partition coefficient (Wildman–Crippen LogP) is 14.1. The second kappa shape index (κ2) is 36.2. The number of ether oxygens (including phenoxy) is 1. The van der Waals surface area contributed by atoms with Crippen LogP contribution in [0.5, 0.6) is 5.88 Å². The van der Waals surface area contributed by atoms with Crippen molar-refractivity contribution in [1.82, 2.24) is 70.4 Å². The molecule has 4 saturated heterocycles. The highest BCUT2D eigenvalue weighted by Crippen LogP contribution is 2.46. The number of amides is 8. The molecule has 34 heteroatoms. The van der Waals surface area contributed by atoms with Crippen LogP contribution in [-0.2, 0) is 6.18 Å². The van der Waals surface area contributed by atoms with Crippen LogP contribution in [0.3, 0.4) is 0 Å². The first-order valence-corrected chi connectivity index (χ1v) is 41.9. The molecule has 4 fully saturated rings. The van der Waals surface area contributed by atoms with E-state index in [4.69, 9.17) is 24.8 Å². The summed E-state index contributed by atoms with van der Waals surface area (Å²) in [6, 6.07) is 44.0. The van der Waals surface area contributed by atoms with E-state index in [1.54, 1.807) is 71.2 Å². The highest BCUT2D eigenvalue weighted by molar-refractivity contribution is 6.06. The number of aliphatic hydroxyl groups excluding tert-OH is 2. The van der Waals surface area contributed by atoms with Crippen molar-refractivity contribution in [2.75, 3.05) is 115 Å². The van der Waals surface area contributed by atoms with E-state index in [0.717, 1.165) is 179 Å². The molecule has 1 aromatic carbocycles. The third-order valence-corrected chi connectivity index (χ3v) is 23.6. The van der Waals surface area contributed by atoms with Crippen LogP contribution in [0.4, 0.5) is 89.9 Å². The number of carbonyl (C=O) groups excluding carboxylic acids is 4. The molecule has 644 valence electrons. The molecule has 8 aliphatic heterocycles. The van der Waals surface area contributed by atoms with Gasteiger partial charge in [0, 0.05) is 153 Å². The number of rotatable bonds is 14. The summed E-state index contributed by atoms with van der Waals surface area (Å²) in [7, 11) is 0. The Morgan fingerprint density at radius 1 is 0.452 bits per heavy atom. The molecule has 8 aliphatic rings. The second-order valence-electron chi connectivity index (χ2n) is 32.1. The number of nitrogens with zero attached hydrogens (tertiary/aromatic N) is 20. The summed E-state index contributed by atoms with van der Waals surface area (Å²) in [5.74, 6) is 3.08. The Balaban J connectivity index is 0.000000119. The van der Waals surface area contributed by atoms with E-state index in [1.807, 2.05) is 136 Å². The molecular weight excluding hydrogens is 1610 g/mol. The van der Waals surface area contributed by atoms with Gasteiger partial charge < -0.3 is 50.5 Å². The van der Waals surface area contributed by atoms with Crippen LogP contribution in [0.15, 0.2) is 207 Å². The van der Waals surface area contributed by atoms with Crippen LogP contribution in [0.25, 0.3) is 45.0 Å². The van der Waals surface area contributed by atoms with Crippen molar-refractivity contribution in [3.05, 3.63) is 247 Å². The number of benzene rings is 1. The van der Waals surface area contributed by atoms with Crippen molar-refractivity contribution >= 4 is 81.7 Å². The van der Waals surface area contributed by atoms with Gasteiger partial charge in [-0.3, -0.25) is 54.8 Å². The van der Waals surface area contributed by atoms with Gasteiger partial charge in [-0.05, 0) is 194 Å². The van der Waals surface area contributed by atoms with Gasteiger partial charge in [0.1, 0.15) is 12.7 Å². The number of aromatic nitrogens is 12. The Kier molecular flexibility index (Phi) is 24.1. The number of nitrogens with one attached hydrogen (secondary N) is 4. The number of halogens is 3. The van der Waals surface area contributed by atoms with Crippen LogP contribution in [0.2, 0.25) is 0 Å². The Bertz CT molecular complexity index is 5840. The average molecular weight is 1700 g/mol. The van der Waals surface area contributed by atoms with Crippen LogP contribution in [-0.4, -0.2) is 190 Å². The van der Waals surface area contributed by atoms with Gasteiger partial charge in [-0.15, -0.1) is 0 Å². The molecule has 20 rings (SSSR count). The smallest absolute Gasteiger partial charge is 0.416 e. The number of fused-ring (bicyclic) bond motifs is 16. The fraction of sp³-hybridized carbons (Fsp3) is 0.304. The van der Waals surface area contributed by atoms with Crippen LogP contribution >= 0.6 is 0 Å². The molecule has 0 unspecified atom stereocenters. The first-order chi connectivity index (χ1) is 61.0. The van der Waals surface area contributed by atoms with Crippen LogP contribution < -0.4 is 65.2 Å². The fourth-order valence-corrected chi connectivity index (χ4v) is 17.0. The number of hydrogen-bond donors (Lipinski definition) is 6. The summed E-state index contributed by atoms with van der Waals surface area (Å²) in [6.07, 6.45) is 12.9. The molecule has 0 spiro atoms. The van der Waals surface area contributed by atoms with Gasteiger partial charge in [0.25, 0.3) is 0 Å². The maximum absolute atomic E-state index is 13.4. The van der Waals surface area contributed by atoms with Crippen molar-refractivity contribution in [1.29, 1.82) is 0 Å². The zero-order chi connectivity index (χ0) is 87.4. The number of carbonyl (C=O) groups is 4. The first kappa shape index (κ1) is 83.8. The second-order valence-corrected chi connectivity index (χ2v) is 32.1. The molecule has 0 radical (unpaired) electrons. The molecule has 31 nitrogen and oxygen atoms in total. The number of anilines is 10. The zero-order valence-electron chi connectivity index (χ0n) is 70.1. The Hall–Kier alpha value is -14.4. The van der Waals surface area contributed by atoms with E-state index in [2.05, 4.69) is 110 Å². The van der Waals surface area contributed by atoms with Gasteiger partial charge in [0.05, 0.1) is 112 Å². The molecule has 0 saturated carbocycles. The zero-order valence-corrected chi connectivity index (χ0v) is 70.1. The summed E-state index contributed by atoms with van der Waals surface area (Å²) in [4.78, 5) is 123. The minimum atomic E-state index is -4.48. The average Bonchev–Trinajstić information content (AvgIpc) is 1.55. The molecule has 19 heterocycles. The summed E-state index contributed by atoms with van der Waals surface area (Å²) >= 11 is 0. The minimum Gasteiger partial charge on any atom is -0.475 e. The van der Waals surface area contributed by atoms with E-state index < -0.39 is 30.5 Å². The Labute approximate surface area is 724 Å². The van der Waals surface area contributed by atoms with Crippen LogP contribution in [0.1, 0.15) is 91.2 Å². The molecular formula is C92H93F3N24O7. The summed E-state index contributed by atoms with van der Waals surface area (Å²) in [5.41, 5.74) is 15.1. The van der Waals surface area contributed by atoms with E-state index >= 15 is 0 Å². The third-order valence-electron chi connectivity index (χ3n) is 23.6. The largest absolute Gasteiger partial charge is 0.475 e. The molecule has 12 aromatic rings. The summed E-state index contributed by atoms with van der Waals surface area (Å²) in [6.45, 7) is 17.9. The van der Waals surface area contributed by atoms with Crippen molar-refractivity contribution in [3.8, 4) is 50.9 Å². The van der Waals surface area contributed by atoms with E-state index in [-0.39, 0.29) is 66.8 Å². The number of hydrogen-bond acceptors (Lipinski definition) is 23. The monoisotopic (exact) mass is 1700 g/mol. The third kappa shape index (κ3) is 18.0. The topological polar surface area (TPSA) is 347 Å². The molecule has 7 atom stereocenters. The van der Waals surface area contributed by atoms with Crippen molar-refractivity contribution in [2.45, 2.75) is 116 Å². The van der Waals surface area contributed by atoms with Crippen molar-refractivity contribution < 1.29 is 47.3 Å². The highest BCUT2D eigenvalue weighted by Gasteiger charge is 2.46. The lowest BCUT2D eigenvalue weighted by Crippen LogP contribution is -2.51. The Morgan fingerprint density at radius 2 is 0.905 bits per heavy atom. The van der Waals surface area contributed by atoms with Gasteiger partial charge >= 0.3 is 30.3 Å². The van der Waals surface area contributed by atoms with E-state index in [1.165, 1.54) is 24.5 Å². The molecule has 8 amide bonds. The normalized spacial score (nSPS) is 17.7. The van der Waals surface area contributed by atoms with Crippen molar-refractivity contribution in [2.24, 2.45) is 0 Å². The SMILES string of the molecule is Cc1cc(-c2ccc3c(n2)N(C(=O)N[C@@H](C)c2ccccn2)[C@H]2CCN3C2)ccn1.Cc1cc(-c2ccc3c(n2)N(C(=O)N[C@H](C)c2ccccn2)[C@H]2CCN3C2)ccn1.Cc1cc(-c2ccc3c(n2)N(C(=O)Nc2cnccn2)[C@H]2CCN3C2)cnc1C.O=C(Nc1ccnc(OC[C@@H](O)CO)c1)N1c2nc(-c3cccc(C(F)(F)F)c3)ccc2N2CC[C@H]1C2. The van der Waals surface area contributed by atoms with Crippen molar-refractivity contribution in [3.63, 3.8) is 0 Å². The molecule has 0 aliphatic carbocycles. The number of alkyl halides is 3. The van der Waals surface area contributed by atoms with Gasteiger partial charge in [-0.25, -0.2) is 49.1 Å². The number of pyridine rings is 10. The Morgan fingerprint density at radius 3 is 1.33 bits per heavy atom. The lowest BCUT2D eigenvalue weighted by Gasteiger charge is -2.36. The summed E-state index contributed by atoms with van der Waals surface area (Å²) in [5, 5.41) is 30.3. The summed E-state index contributed by atoms with van der Waals surface area (Å²) < 4.78 is 45.1. The van der Waals surface area contributed by atoms with E-state index in [0.29, 0.717) is 47.4 Å². The standard InChI is InChI=1S/C25H24F3N5O4.2C23H24N6O.C21H21N7O/c26-25(27,28)16-3-1-2-15(10-16)20-4-5-21-23(31-20)33(18-7-9-32(21)12-18)24(36)30-17-6-8-29-22(11-17)37-14-19(35)13-34;2*1-15-13-17(8-11-24-15)20-6-7-21-22(27-20)29(18-9-12-28(21)14-18)23(30)26-16(2)19-5-3-4-10-25-19;1-13-9-15(10-24-14(13)2)17-3-4-18-20(25-17)28(16-5-8-27(18)12-16)21(29)26-19-11-22-6-7-23-19/h1-6,8,10-11,18-19,34-35H,7,9,12-14H2,(H,29,30,36);2*3-8,10-11,13,16,18H,9,12,14H2,1-2H3,(H,26,30);3-4,6-7,9-11,16H,5,8,12H2,1-2H3,(H,23,26,29)/t18-,19-;16-,18+;16-,18-;16-/m0100/s1. The van der Waals surface area contributed by atoms with E-state index in [9.17, 15) is 37.5 Å². The molecule has 6 N–H and O–H groups in total. The molecule has 11 aromatic heterocycles. The number of aryl methyl sites for hydroxylation is 4. The maximum atomic E-state index is 13.4. The lowest BCUT2D eigenvalue weighted by atomic mass is 10.1. The molecule has 8 bridgehead atoms. The van der Waals surface area contributed by atoms with Gasteiger partial charge in [-0.2, -0.15) is 13.2 Å². The molecule has 126 heavy (non-hydrogen) atoms. The fourth-order valence-electron chi connectivity index (χ4n) is 17.0. The number of urea groups is 4. The lowest BCUT2D eigenvalue weighted by molar-refractivity contribution is -0.137. The highest BCUT2D eigenvalue weighted by atomic mass is 19.4. The first-order valence-electron chi connectivity index (χ1n) is 41.9. The van der Waals surface area contributed by atoms with Gasteiger partial charge in [0.15, 0.2) is 29.1 Å². The predicted molar refractivity (Wildman–Crippen MR) is 474 cm³/mol. The van der Waals surface area contributed by atoms with Gasteiger partial charge in [0.2, 0.25) is 5.88 Å². The van der Waals surface area contributed by atoms with Gasteiger partial charge in [-0.1, -0.05) is 24.3 Å². The quantitative estimate of drug-likeness (QED) is 0.0589.